The molecule has 0 aromatic heterocycles. The predicted octanol–water partition coefficient (Wildman–Crippen LogP) is 7.28. The first-order valence-corrected chi connectivity index (χ1v) is 12.4. The van der Waals surface area contributed by atoms with Crippen molar-refractivity contribution in [1.29, 1.82) is 0 Å². The van der Waals surface area contributed by atoms with E-state index in [9.17, 15) is 9.59 Å². The summed E-state index contributed by atoms with van der Waals surface area (Å²) in [6.45, 7) is 0.277. The molecule has 6 aromatic carbocycles. The maximum Gasteiger partial charge on any atom is 0.260 e. The van der Waals surface area contributed by atoms with Gasteiger partial charge >= 0.3 is 0 Å². The summed E-state index contributed by atoms with van der Waals surface area (Å²) in [6, 6.07) is 44.6. The van der Waals surface area contributed by atoms with Gasteiger partial charge in [-0.3, -0.25) is 14.5 Å². The minimum atomic E-state index is -0.259. The second kappa shape index (κ2) is 14.8. The van der Waals surface area contributed by atoms with Crippen LogP contribution in [0.25, 0.3) is 10.8 Å². The molecule has 0 saturated heterocycles. The Labute approximate surface area is 255 Å². The zero-order valence-electron chi connectivity index (χ0n) is 21.5. The fourth-order valence-corrected chi connectivity index (χ4v) is 4.34. The predicted molar refractivity (Wildman–Crippen MR) is 152 cm³/mol. The molecular weight excluding hydrogens is 578 g/mol. The minimum absolute atomic E-state index is 0. The molecule has 0 unspecified atom stereocenters. The van der Waals surface area contributed by atoms with Crippen LogP contribution in [-0.4, -0.2) is 16.7 Å². The summed E-state index contributed by atoms with van der Waals surface area (Å²) in [5, 5.41) is 1.54. The Morgan fingerprint density at radius 1 is 0.650 bits per heavy atom. The molecule has 0 radical (unpaired) electrons. The third-order valence-electron chi connectivity index (χ3n) is 6.18. The van der Waals surface area contributed by atoms with Crippen molar-refractivity contribution in [3.63, 3.8) is 0 Å². The van der Waals surface area contributed by atoms with Gasteiger partial charge in [0.25, 0.3) is 11.8 Å². The molecule has 7 rings (SSSR count). The second-order valence-electron chi connectivity index (χ2n) is 8.73. The van der Waals surface area contributed by atoms with Crippen molar-refractivity contribution in [3.05, 3.63) is 167 Å². The zero-order chi connectivity index (χ0) is 26.2. The van der Waals surface area contributed by atoms with E-state index in [0.717, 1.165) is 22.1 Å². The Kier molecular flexibility index (Phi) is 11.3. The van der Waals surface area contributed by atoms with E-state index in [-0.39, 0.29) is 52.5 Å². The molecule has 6 aromatic rings. The maximum absolute atomic E-state index is 13.1. The first kappa shape index (κ1) is 30.4. The Hall–Kier alpha value is -4.16. The fraction of sp³-hybridized carbons (Fsp3) is 0.0286. The van der Waals surface area contributed by atoms with E-state index >= 15 is 0 Å². The second-order valence-corrected chi connectivity index (χ2v) is 8.73. The van der Waals surface area contributed by atoms with Crippen LogP contribution in [0, 0.1) is 11.8 Å². The van der Waals surface area contributed by atoms with Crippen LogP contribution in [0.5, 0.6) is 0 Å². The summed E-state index contributed by atoms with van der Waals surface area (Å²) in [4.78, 5) is 27.5. The molecule has 5 heteroatoms. The van der Waals surface area contributed by atoms with E-state index in [1.54, 1.807) is 12.1 Å². The van der Waals surface area contributed by atoms with Crippen LogP contribution in [0.4, 0.5) is 0 Å². The summed E-state index contributed by atoms with van der Waals surface area (Å²) in [5.74, 6) is 5.80. The molecule has 1 heterocycles. The van der Waals surface area contributed by atoms with Gasteiger partial charge in [-0.25, -0.2) is 36.4 Å². The van der Waals surface area contributed by atoms with E-state index in [1.807, 2.05) is 127 Å². The van der Waals surface area contributed by atoms with Gasteiger partial charge in [-0.05, 0) is 23.1 Å². The number of carbonyl (C=O) groups is 2. The third-order valence-corrected chi connectivity index (χ3v) is 6.18. The van der Waals surface area contributed by atoms with Gasteiger partial charge in [0.1, 0.15) is 0 Å². The van der Waals surface area contributed by atoms with Crippen LogP contribution in [0.3, 0.4) is 0 Å². The van der Waals surface area contributed by atoms with Crippen LogP contribution >= 0.6 is 0 Å². The van der Waals surface area contributed by atoms with E-state index in [4.69, 9.17) is 0 Å². The van der Waals surface area contributed by atoms with Gasteiger partial charge in [-0.1, -0.05) is 23.8 Å². The molecule has 2 amide bonds. The molecule has 0 spiro atoms. The Morgan fingerprint density at radius 2 is 1.20 bits per heavy atom. The van der Waals surface area contributed by atoms with Crippen molar-refractivity contribution in [1.82, 2.24) is 4.90 Å². The van der Waals surface area contributed by atoms with Crippen LogP contribution in [-0.2, 0) is 40.7 Å². The number of hydrogen-bond donors (Lipinski definition) is 0. The molecule has 3 nitrogen and oxygen atoms in total. The smallest absolute Gasteiger partial charge is 0.260 e. The molecule has 0 atom stereocenters. The molecule has 0 saturated carbocycles. The summed E-state index contributed by atoms with van der Waals surface area (Å²) in [5.41, 5.74) is 3.79. The summed E-state index contributed by atoms with van der Waals surface area (Å²) >= 11 is 0. The SMILES string of the molecule is O=C1c2cccc3c(C#C[c-]4cccc4)ccc(c23)C(=O)N1C[c-]1cccc1.[Fe].[Fe].c1cc[cH-]c1.c1cc[cH-]c1. The Bertz CT molecular complexity index is 1580. The van der Waals surface area contributed by atoms with Gasteiger partial charge in [0.2, 0.25) is 0 Å². The van der Waals surface area contributed by atoms with E-state index < -0.39 is 0 Å². The number of rotatable bonds is 2. The van der Waals surface area contributed by atoms with Gasteiger partial charge in [-0.2, -0.15) is 72.5 Å². The van der Waals surface area contributed by atoms with E-state index in [2.05, 4.69) is 11.8 Å². The number of benzene rings is 2. The fourth-order valence-electron chi connectivity index (χ4n) is 4.34. The molecule has 40 heavy (non-hydrogen) atoms. The van der Waals surface area contributed by atoms with Gasteiger partial charge in [-0.15, -0.1) is 17.7 Å². The Morgan fingerprint density at radius 3 is 1.75 bits per heavy atom. The summed E-state index contributed by atoms with van der Waals surface area (Å²) < 4.78 is 0. The van der Waals surface area contributed by atoms with Crippen LogP contribution in [0.2, 0.25) is 0 Å². The average Bonchev–Trinajstić information content (AvgIpc) is 3.79. The van der Waals surface area contributed by atoms with Crippen molar-refractivity contribution in [2.45, 2.75) is 6.54 Å². The van der Waals surface area contributed by atoms with Gasteiger partial charge in [0.15, 0.2) is 0 Å². The van der Waals surface area contributed by atoms with Crippen molar-refractivity contribution in [2.24, 2.45) is 0 Å². The van der Waals surface area contributed by atoms with Gasteiger partial charge < -0.3 is 0 Å². The molecule has 202 valence electrons. The van der Waals surface area contributed by atoms with Crippen LogP contribution < -0.4 is 0 Å². The Balaban J connectivity index is 0.000000310. The molecule has 0 bridgehead atoms. The number of hydrogen-bond acceptors (Lipinski definition) is 2. The molecule has 0 fully saturated rings. The summed E-state index contributed by atoms with van der Waals surface area (Å²) in [7, 11) is 0. The van der Waals surface area contributed by atoms with Crippen molar-refractivity contribution >= 4 is 22.6 Å². The van der Waals surface area contributed by atoms with Crippen molar-refractivity contribution in [2.75, 3.05) is 0 Å². The van der Waals surface area contributed by atoms with Gasteiger partial charge in [0, 0.05) is 57.2 Å². The number of imide groups is 1. The minimum Gasteiger partial charge on any atom is -0.282 e. The number of nitrogens with zero attached hydrogens (tertiary/aromatic N) is 1. The topological polar surface area (TPSA) is 37.4 Å². The molecule has 1 aliphatic heterocycles. The molecular formula is C35H25Fe2NO2-4. The first-order chi connectivity index (χ1) is 18.7. The van der Waals surface area contributed by atoms with E-state index in [1.165, 1.54) is 4.90 Å². The molecule has 0 aliphatic carbocycles. The first-order valence-electron chi connectivity index (χ1n) is 12.4. The quantitative estimate of drug-likeness (QED) is 0.0904. The van der Waals surface area contributed by atoms with Crippen molar-refractivity contribution < 1.29 is 43.7 Å². The number of amides is 2. The number of carbonyl (C=O) groups excluding carboxylic acids is 2. The zero-order valence-corrected chi connectivity index (χ0v) is 23.7. The third kappa shape index (κ3) is 7.07. The normalized spacial score (nSPS) is 11.1. The van der Waals surface area contributed by atoms with Gasteiger partial charge in [0.05, 0.1) is 0 Å². The van der Waals surface area contributed by atoms with Crippen LogP contribution in [0.15, 0.2) is 140 Å². The van der Waals surface area contributed by atoms with Crippen LogP contribution in [0.1, 0.15) is 37.4 Å². The van der Waals surface area contributed by atoms with E-state index in [0.29, 0.717) is 16.5 Å². The standard InChI is InChI=1S/C25H15NO2.2C5H5.2Fe/c27-24-21-11-5-10-20-19(13-12-17-6-1-2-7-17)14-15-22(23(20)21)25(28)26(24)16-18-8-3-4-9-18;2*1-2-4-5-3-1;;/h1-11,14-15H,16H2;2*1-5H;;/q-2;2*-1;;. The maximum atomic E-state index is 13.1. The van der Waals surface area contributed by atoms with Crippen molar-refractivity contribution in [3.8, 4) is 11.8 Å². The average molecular weight is 603 g/mol. The molecule has 0 N–H and O–H groups in total. The molecule has 1 aliphatic rings. The largest absolute Gasteiger partial charge is 0.282 e. The summed E-state index contributed by atoms with van der Waals surface area (Å²) in [6.07, 6.45) is 0. The monoisotopic (exact) mass is 603 g/mol.